The molecule has 1 aromatic heterocycles. The molecular weight excluding hydrogens is 194 g/mol. The zero-order valence-electron chi connectivity index (χ0n) is 8.75. The molecular formula is C10H15N3O2. The van der Waals surface area contributed by atoms with Crippen LogP contribution in [0.1, 0.15) is 6.92 Å². The number of rotatable bonds is 5. The highest BCUT2D eigenvalue weighted by Gasteiger charge is 1.98. The molecule has 5 heteroatoms. The van der Waals surface area contributed by atoms with Crippen LogP contribution >= 0.6 is 0 Å². The number of hydrogen-bond acceptors (Lipinski definition) is 3. The minimum absolute atomic E-state index is 0.229. The van der Waals surface area contributed by atoms with Crippen LogP contribution in [0.4, 0.5) is 0 Å². The summed E-state index contributed by atoms with van der Waals surface area (Å²) in [5.41, 5.74) is 0.332. The normalized spacial score (nSPS) is 10.2. The number of hydrogen-bond donors (Lipinski definition) is 2. The highest BCUT2D eigenvalue weighted by atomic mass is 16.1. The van der Waals surface area contributed by atoms with Gasteiger partial charge in [-0.3, -0.25) is 14.7 Å². The van der Waals surface area contributed by atoms with Crippen molar-refractivity contribution in [2.75, 3.05) is 13.1 Å². The number of nitrogens with zero attached hydrogens (tertiary/aromatic N) is 1. The Labute approximate surface area is 87.4 Å². The molecule has 0 aliphatic heterocycles. The minimum Gasteiger partial charge on any atom is -0.313 e. The van der Waals surface area contributed by atoms with Gasteiger partial charge in [-0.15, -0.1) is 0 Å². The van der Waals surface area contributed by atoms with Gasteiger partial charge in [-0.2, -0.15) is 0 Å². The van der Waals surface area contributed by atoms with Gasteiger partial charge >= 0.3 is 0 Å². The van der Waals surface area contributed by atoms with E-state index in [1.807, 2.05) is 6.92 Å². The third-order valence-electron chi connectivity index (χ3n) is 1.90. The summed E-state index contributed by atoms with van der Waals surface area (Å²) in [5, 5.41) is 5.54. The molecule has 5 nitrogen and oxygen atoms in total. The molecule has 0 amide bonds. The molecule has 0 saturated carbocycles. The van der Waals surface area contributed by atoms with Gasteiger partial charge in [0.25, 0.3) is 11.1 Å². The maximum atomic E-state index is 11.3. The van der Waals surface area contributed by atoms with Crippen LogP contribution in [0.3, 0.4) is 0 Å². The second-order valence-electron chi connectivity index (χ2n) is 3.26. The van der Waals surface area contributed by atoms with Crippen molar-refractivity contribution < 1.29 is 0 Å². The SMILES string of the molecule is C=C(CNCC)Cn1[nH]c(=O)ccc1=O. The van der Waals surface area contributed by atoms with E-state index in [4.69, 9.17) is 0 Å². The number of aromatic amines is 1. The van der Waals surface area contributed by atoms with E-state index in [0.29, 0.717) is 13.1 Å². The highest BCUT2D eigenvalue weighted by Crippen LogP contribution is 1.89. The zero-order valence-corrected chi connectivity index (χ0v) is 8.75. The molecule has 0 aliphatic carbocycles. The molecule has 0 aliphatic rings. The number of nitrogens with one attached hydrogen (secondary N) is 2. The smallest absolute Gasteiger partial charge is 0.265 e. The van der Waals surface area contributed by atoms with Gasteiger partial charge in [0, 0.05) is 18.7 Å². The van der Waals surface area contributed by atoms with Crippen LogP contribution in [-0.2, 0) is 6.54 Å². The molecule has 1 rings (SSSR count). The van der Waals surface area contributed by atoms with Crippen LogP contribution in [0.25, 0.3) is 0 Å². The van der Waals surface area contributed by atoms with E-state index in [-0.39, 0.29) is 11.1 Å². The Bertz CT molecular complexity index is 444. The summed E-state index contributed by atoms with van der Waals surface area (Å²) in [4.78, 5) is 22.3. The van der Waals surface area contributed by atoms with Crippen molar-refractivity contribution >= 4 is 0 Å². The Hall–Kier alpha value is -1.62. The highest BCUT2D eigenvalue weighted by molar-refractivity contribution is 4.97. The molecule has 0 spiro atoms. The molecule has 0 fully saturated rings. The van der Waals surface area contributed by atoms with Crippen LogP contribution in [0.15, 0.2) is 33.9 Å². The van der Waals surface area contributed by atoms with Crippen molar-refractivity contribution in [3.05, 3.63) is 45.0 Å². The Balaban J connectivity index is 2.72. The van der Waals surface area contributed by atoms with Gasteiger partial charge in [-0.1, -0.05) is 13.5 Å². The maximum absolute atomic E-state index is 11.3. The van der Waals surface area contributed by atoms with Gasteiger partial charge in [0.15, 0.2) is 0 Å². The topological polar surface area (TPSA) is 66.9 Å². The van der Waals surface area contributed by atoms with E-state index < -0.39 is 0 Å². The molecule has 1 heterocycles. The van der Waals surface area contributed by atoms with Gasteiger partial charge < -0.3 is 5.32 Å². The average molecular weight is 209 g/mol. The fraction of sp³-hybridized carbons (Fsp3) is 0.400. The fourth-order valence-electron chi connectivity index (χ4n) is 1.16. The molecule has 0 unspecified atom stereocenters. The maximum Gasteiger partial charge on any atom is 0.265 e. The first kappa shape index (κ1) is 11.5. The number of aromatic nitrogens is 2. The Kier molecular flexibility index (Phi) is 4.05. The van der Waals surface area contributed by atoms with Crippen molar-refractivity contribution in [1.82, 2.24) is 15.1 Å². The lowest BCUT2D eigenvalue weighted by molar-refractivity contribution is 0.601. The molecule has 0 aromatic carbocycles. The van der Waals surface area contributed by atoms with Crippen molar-refractivity contribution in [2.24, 2.45) is 0 Å². The summed E-state index contributed by atoms with van der Waals surface area (Å²) < 4.78 is 1.25. The van der Waals surface area contributed by atoms with E-state index in [1.54, 1.807) is 0 Å². The Morgan fingerprint density at radius 1 is 1.53 bits per heavy atom. The Morgan fingerprint density at radius 3 is 2.93 bits per heavy atom. The number of likely N-dealkylation sites (N-methyl/N-ethyl adjacent to an activating group) is 1. The quantitative estimate of drug-likeness (QED) is 0.654. The second kappa shape index (κ2) is 5.31. The molecule has 0 atom stereocenters. The largest absolute Gasteiger partial charge is 0.313 e. The first-order valence-electron chi connectivity index (χ1n) is 4.81. The van der Waals surface area contributed by atoms with Crippen molar-refractivity contribution in [2.45, 2.75) is 13.5 Å². The first-order valence-corrected chi connectivity index (χ1v) is 4.81. The summed E-state index contributed by atoms with van der Waals surface area (Å²) in [7, 11) is 0. The summed E-state index contributed by atoms with van der Waals surface area (Å²) >= 11 is 0. The van der Waals surface area contributed by atoms with E-state index >= 15 is 0 Å². The van der Waals surface area contributed by atoms with Gasteiger partial charge in [0.1, 0.15) is 0 Å². The van der Waals surface area contributed by atoms with Crippen LogP contribution in [-0.4, -0.2) is 22.9 Å². The predicted molar refractivity (Wildman–Crippen MR) is 59.0 cm³/mol. The van der Waals surface area contributed by atoms with E-state index in [2.05, 4.69) is 17.0 Å². The molecule has 0 saturated heterocycles. The third-order valence-corrected chi connectivity index (χ3v) is 1.90. The standard InChI is InChI=1S/C10H15N3O2/c1-3-11-6-8(2)7-13-10(15)5-4-9(14)12-13/h4-5,11H,2-3,6-7H2,1H3,(H,12,14). The predicted octanol–water partition coefficient (Wildman–Crippen LogP) is -0.298. The lowest BCUT2D eigenvalue weighted by Gasteiger charge is -2.07. The fourth-order valence-corrected chi connectivity index (χ4v) is 1.16. The van der Waals surface area contributed by atoms with Crippen molar-refractivity contribution in [3.63, 3.8) is 0 Å². The lowest BCUT2D eigenvalue weighted by Crippen LogP contribution is -2.30. The van der Waals surface area contributed by atoms with Gasteiger partial charge in [0.2, 0.25) is 0 Å². The lowest BCUT2D eigenvalue weighted by atomic mass is 10.3. The van der Waals surface area contributed by atoms with Gasteiger partial charge in [-0.05, 0) is 12.1 Å². The second-order valence-corrected chi connectivity index (χ2v) is 3.26. The average Bonchev–Trinajstić information content (AvgIpc) is 2.20. The molecule has 2 N–H and O–H groups in total. The van der Waals surface area contributed by atoms with E-state index in [0.717, 1.165) is 12.1 Å². The molecule has 0 radical (unpaired) electrons. The van der Waals surface area contributed by atoms with E-state index in [9.17, 15) is 9.59 Å². The molecule has 0 bridgehead atoms. The van der Waals surface area contributed by atoms with Gasteiger partial charge in [0.05, 0.1) is 6.54 Å². The summed E-state index contributed by atoms with van der Waals surface area (Å²) in [5.74, 6) is 0. The summed E-state index contributed by atoms with van der Waals surface area (Å²) in [6.45, 7) is 7.62. The molecule has 1 aromatic rings. The van der Waals surface area contributed by atoms with Crippen LogP contribution in [0.2, 0.25) is 0 Å². The number of H-pyrrole nitrogens is 1. The Morgan fingerprint density at radius 2 is 2.27 bits per heavy atom. The van der Waals surface area contributed by atoms with Crippen LogP contribution < -0.4 is 16.4 Å². The third kappa shape index (κ3) is 3.55. The van der Waals surface area contributed by atoms with Gasteiger partial charge in [-0.25, -0.2) is 4.68 Å². The molecule has 82 valence electrons. The minimum atomic E-state index is -0.286. The molecule has 15 heavy (non-hydrogen) atoms. The monoisotopic (exact) mass is 209 g/mol. The van der Waals surface area contributed by atoms with Crippen LogP contribution in [0, 0.1) is 0 Å². The summed E-state index contributed by atoms with van der Waals surface area (Å²) in [6, 6.07) is 2.46. The van der Waals surface area contributed by atoms with Crippen molar-refractivity contribution in [1.29, 1.82) is 0 Å². The zero-order chi connectivity index (χ0) is 11.3. The summed E-state index contributed by atoms with van der Waals surface area (Å²) in [6.07, 6.45) is 0. The van der Waals surface area contributed by atoms with Crippen molar-refractivity contribution in [3.8, 4) is 0 Å². The van der Waals surface area contributed by atoms with Crippen LogP contribution in [0.5, 0.6) is 0 Å². The van der Waals surface area contributed by atoms with E-state index in [1.165, 1.54) is 16.8 Å². The first-order chi connectivity index (χ1) is 7.13.